The second-order valence-corrected chi connectivity index (χ2v) is 2.24. The van der Waals surface area contributed by atoms with Gasteiger partial charge in [0.2, 0.25) is 0 Å². The Labute approximate surface area is 72.5 Å². The highest BCUT2D eigenvalue weighted by Crippen LogP contribution is 2.09. The fourth-order valence-electron chi connectivity index (χ4n) is 0.859. The molecular weight excluding hydrogens is 177 g/mol. The van der Waals surface area contributed by atoms with E-state index in [0.717, 1.165) is 12.3 Å². The van der Waals surface area contributed by atoms with Crippen molar-refractivity contribution in [3.05, 3.63) is 29.3 Å². The van der Waals surface area contributed by atoms with Crippen LogP contribution in [0.1, 0.15) is 20.8 Å². The molecule has 2 amide bonds. The molecule has 0 bridgehead atoms. The molecule has 1 heterocycles. The highest BCUT2D eigenvalue weighted by molar-refractivity contribution is 6.04. The maximum atomic E-state index is 12.9. The Bertz CT molecular complexity index is 378. The van der Waals surface area contributed by atoms with Crippen LogP contribution in [0.25, 0.3) is 0 Å². The van der Waals surface area contributed by atoms with Crippen LogP contribution in [0.2, 0.25) is 0 Å². The van der Waals surface area contributed by atoms with E-state index < -0.39 is 28.9 Å². The number of rotatable bonds is 2. The van der Waals surface area contributed by atoms with Crippen molar-refractivity contribution < 1.29 is 14.0 Å². The minimum absolute atomic E-state index is 0.451. The summed E-state index contributed by atoms with van der Waals surface area (Å²) in [4.78, 5) is 24.8. The minimum Gasteiger partial charge on any atom is -0.365 e. The van der Waals surface area contributed by atoms with Crippen LogP contribution in [0.15, 0.2) is 12.3 Å². The van der Waals surface area contributed by atoms with Crippen LogP contribution in [-0.2, 0) is 0 Å². The van der Waals surface area contributed by atoms with Crippen LogP contribution in [0.5, 0.6) is 0 Å². The highest BCUT2D eigenvalue weighted by Gasteiger charge is 2.18. The maximum absolute atomic E-state index is 12.9. The number of nitrogens with two attached hydrogens (primary N) is 2. The van der Waals surface area contributed by atoms with E-state index in [9.17, 15) is 14.0 Å². The van der Waals surface area contributed by atoms with Gasteiger partial charge in [0, 0.05) is 6.20 Å². The van der Waals surface area contributed by atoms with Crippen LogP contribution in [0, 0.1) is 5.82 Å². The van der Waals surface area contributed by atoms with Crippen LogP contribution in [0.3, 0.4) is 0 Å². The molecule has 0 aliphatic heterocycles. The first-order chi connectivity index (χ1) is 6.04. The van der Waals surface area contributed by atoms with Gasteiger partial charge in [-0.3, -0.25) is 14.6 Å². The molecule has 6 heteroatoms. The molecule has 0 radical (unpaired) electrons. The SMILES string of the molecule is NC(=O)c1nccc(F)c1C(N)=O. The third-order valence-corrected chi connectivity index (χ3v) is 1.38. The number of nitrogens with zero attached hydrogens (tertiary/aromatic N) is 1. The predicted octanol–water partition coefficient (Wildman–Crippen LogP) is -0.582. The van der Waals surface area contributed by atoms with Crippen LogP contribution >= 0.6 is 0 Å². The molecule has 0 saturated carbocycles. The predicted molar refractivity (Wildman–Crippen MR) is 41.2 cm³/mol. The van der Waals surface area contributed by atoms with Gasteiger partial charge in [0.15, 0.2) is 0 Å². The third-order valence-electron chi connectivity index (χ3n) is 1.38. The highest BCUT2D eigenvalue weighted by atomic mass is 19.1. The fraction of sp³-hybridized carbons (Fsp3) is 0. The van der Waals surface area contributed by atoms with E-state index in [-0.39, 0.29) is 0 Å². The zero-order chi connectivity index (χ0) is 10.0. The van der Waals surface area contributed by atoms with Gasteiger partial charge in [0.05, 0.1) is 0 Å². The summed E-state index contributed by atoms with van der Waals surface area (Å²) < 4.78 is 12.9. The number of amides is 2. The Balaban J connectivity index is 3.43. The molecule has 0 atom stereocenters. The normalized spacial score (nSPS) is 9.62. The van der Waals surface area contributed by atoms with Gasteiger partial charge in [-0.05, 0) is 6.07 Å². The summed E-state index contributed by atoms with van der Waals surface area (Å²) >= 11 is 0. The molecule has 13 heavy (non-hydrogen) atoms. The Hall–Kier alpha value is -1.98. The van der Waals surface area contributed by atoms with Crippen molar-refractivity contribution >= 4 is 11.8 Å². The summed E-state index contributed by atoms with van der Waals surface area (Å²) in [7, 11) is 0. The largest absolute Gasteiger partial charge is 0.365 e. The van der Waals surface area contributed by atoms with Crippen molar-refractivity contribution in [3.8, 4) is 0 Å². The molecule has 0 fully saturated rings. The first kappa shape index (κ1) is 9.11. The number of carbonyl (C=O) groups excluding carboxylic acids is 2. The number of primary amides is 2. The quantitative estimate of drug-likeness (QED) is 0.641. The van der Waals surface area contributed by atoms with Crippen molar-refractivity contribution in [1.29, 1.82) is 0 Å². The molecule has 1 rings (SSSR count). The van der Waals surface area contributed by atoms with E-state index in [1.807, 2.05) is 0 Å². The summed E-state index contributed by atoms with van der Waals surface area (Å²) in [5.41, 5.74) is 8.65. The van der Waals surface area contributed by atoms with E-state index in [1.165, 1.54) is 0 Å². The van der Waals surface area contributed by atoms with Crippen molar-refractivity contribution in [1.82, 2.24) is 4.98 Å². The zero-order valence-corrected chi connectivity index (χ0v) is 6.45. The lowest BCUT2D eigenvalue weighted by atomic mass is 10.1. The van der Waals surface area contributed by atoms with Gasteiger partial charge in [-0.15, -0.1) is 0 Å². The van der Waals surface area contributed by atoms with Crippen molar-refractivity contribution in [2.24, 2.45) is 11.5 Å². The monoisotopic (exact) mass is 183 g/mol. The standard InChI is InChI=1S/C7H6FN3O2/c8-3-1-2-11-5(7(10)13)4(3)6(9)12/h1-2H,(H2,9,12)(H2,10,13). The first-order valence-electron chi connectivity index (χ1n) is 3.28. The molecule has 1 aromatic heterocycles. The maximum Gasteiger partial charge on any atom is 0.268 e. The van der Waals surface area contributed by atoms with Crippen LogP contribution in [-0.4, -0.2) is 16.8 Å². The van der Waals surface area contributed by atoms with Crippen molar-refractivity contribution in [3.63, 3.8) is 0 Å². The Kier molecular flexibility index (Phi) is 2.23. The van der Waals surface area contributed by atoms with Gasteiger partial charge in [0.25, 0.3) is 11.8 Å². The van der Waals surface area contributed by atoms with E-state index in [1.54, 1.807) is 0 Å². The molecule has 0 spiro atoms. The first-order valence-corrected chi connectivity index (χ1v) is 3.28. The van der Waals surface area contributed by atoms with E-state index in [0.29, 0.717) is 0 Å². The average molecular weight is 183 g/mol. The van der Waals surface area contributed by atoms with Gasteiger partial charge >= 0.3 is 0 Å². The fourth-order valence-corrected chi connectivity index (χ4v) is 0.859. The molecule has 0 aliphatic rings. The lowest BCUT2D eigenvalue weighted by Gasteiger charge is -2.01. The minimum atomic E-state index is -1.07. The van der Waals surface area contributed by atoms with Gasteiger partial charge in [-0.25, -0.2) is 4.39 Å². The zero-order valence-electron chi connectivity index (χ0n) is 6.45. The number of pyridine rings is 1. The Morgan fingerprint density at radius 3 is 2.31 bits per heavy atom. The van der Waals surface area contributed by atoms with Crippen molar-refractivity contribution in [2.45, 2.75) is 0 Å². The number of aromatic nitrogens is 1. The topological polar surface area (TPSA) is 99.1 Å². The van der Waals surface area contributed by atoms with Gasteiger partial charge in [-0.1, -0.05) is 0 Å². The molecular formula is C7H6FN3O2. The summed E-state index contributed by atoms with van der Waals surface area (Å²) in [5.74, 6) is -2.97. The lowest BCUT2D eigenvalue weighted by Crippen LogP contribution is -2.23. The average Bonchev–Trinajstić information content (AvgIpc) is 2.02. The van der Waals surface area contributed by atoms with Crippen LogP contribution < -0.4 is 11.5 Å². The van der Waals surface area contributed by atoms with Crippen molar-refractivity contribution in [2.75, 3.05) is 0 Å². The summed E-state index contributed by atoms with van der Waals surface area (Å²) in [6.45, 7) is 0. The molecule has 0 aliphatic carbocycles. The molecule has 1 aromatic rings. The van der Waals surface area contributed by atoms with Gasteiger partial charge in [-0.2, -0.15) is 0 Å². The molecule has 0 aromatic carbocycles. The Morgan fingerprint density at radius 1 is 1.31 bits per heavy atom. The van der Waals surface area contributed by atoms with E-state index in [4.69, 9.17) is 11.5 Å². The summed E-state index contributed by atoms with van der Waals surface area (Å²) in [6, 6.07) is 0.923. The summed E-state index contributed by atoms with van der Waals surface area (Å²) in [5, 5.41) is 0. The van der Waals surface area contributed by atoms with E-state index in [2.05, 4.69) is 4.98 Å². The molecule has 4 N–H and O–H groups in total. The van der Waals surface area contributed by atoms with Gasteiger partial charge < -0.3 is 11.5 Å². The van der Waals surface area contributed by atoms with Crippen LogP contribution in [0.4, 0.5) is 4.39 Å². The summed E-state index contributed by atoms with van der Waals surface area (Å²) in [6.07, 6.45) is 1.03. The number of halogens is 1. The second-order valence-electron chi connectivity index (χ2n) is 2.24. The molecule has 68 valence electrons. The molecule has 5 nitrogen and oxygen atoms in total. The third kappa shape index (κ3) is 1.61. The second kappa shape index (κ2) is 3.18. The number of hydrogen-bond acceptors (Lipinski definition) is 3. The lowest BCUT2D eigenvalue weighted by molar-refractivity contribution is 0.0960. The molecule has 0 saturated heterocycles. The smallest absolute Gasteiger partial charge is 0.268 e. The Morgan fingerprint density at radius 2 is 1.92 bits per heavy atom. The number of carbonyl (C=O) groups is 2. The molecule has 0 unspecified atom stereocenters. The van der Waals surface area contributed by atoms with E-state index >= 15 is 0 Å². The van der Waals surface area contributed by atoms with Gasteiger partial charge in [0.1, 0.15) is 17.1 Å². The number of hydrogen-bond donors (Lipinski definition) is 2.